The van der Waals surface area contributed by atoms with Crippen molar-refractivity contribution in [1.82, 2.24) is 4.90 Å². The van der Waals surface area contributed by atoms with Gasteiger partial charge in [0.05, 0.1) is 12.6 Å². The molecule has 0 aromatic carbocycles. The molecular formula is C9H17NO. The van der Waals surface area contributed by atoms with Gasteiger partial charge in [0.25, 0.3) is 0 Å². The maximum absolute atomic E-state index is 8.96. The van der Waals surface area contributed by atoms with E-state index < -0.39 is 0 Å². The molecule has 0 bridgehead atoms. The molecule has 0 aliphatic carbocycles. The molecule has 2 atom stereocenters. The van der Waals surface area contributed by atoms with Crippen LogP contribution in [0.1, 0.15) is 13.3 Å². The van der Waals surface area contributed by atoms with E-state index in [1.54, 1.807) is 0 Å². The summed E-state index contributed by atoms with van der Waals surface area (Å²) in [5.74, 6) is 0.781. The molecule has 0 aromatic heterocycles. The highest BCUT2D eigenvalue weighted by molar-refractivity contribution is 4.90. The first-order valence-corrected chi connectivity index (χ1v) is 4.25. The monoisotopic (exact) mass is 155 g/mol. The minimum absolute atomic E-state index is 0.181. The van der Waals surface area contributed by atoms with Crippen LogP contribution in [-0.4, -0.2) is 35.7 Å². The van der Waals surface area contributed by atoms with Gasteiger partial charge in [-0.2, -0.15) is 0 Å². The van der Waals surface area contributed by atoms with Gasteiger partial charge in [-0.1, -0.05) is 13.0 Å². The molecular weight excluding hydrogens is 138 g/mol. The van der Waals surface area contributed by atoms with Gasteiger partial charge in [-0.15, -0.1) is 6.58 Å². The van der Waals surface area contributed by atoms with Gasteiger partial charge >= 0.3 is 0 Å². The molecule has 0 amide bonds. The molecule has 1 aliphatic rings. The fourth-order valence-corrected chi connectivity index (χ4v) is 1.61. The molecule has 11 heavy (non-hydrogen) atoms. The molecule has 64 valence electrons. The van der Waals surface area contributed by atoms with Crippen LogP contribution >= 0.6 is 0 Å². The van der Waals surface area contributed by atoms with Crippen LogP contribution in [0, 0.1) is 5.92 Å². The first kappa shape index (κ1) is 8.75. The third kappa shape index (κ3) is 2.04. The van der Waals surface area contributed by atoms with Gasteiger partial charge < -0.3 is 5.11 Å². The zero-order valence-electron chi connectivity index (χ0n) is 7.16. The lowest BCUT2D eigenvalue weighted by Crippen LogP contribution is -2.34. The summed E-state index contributed by atoms with van der Waals surface area (Å²) in [5.41, 5.74) is 0. The molecule has 1 heterocycles. The highest BCUT2D eigenvalue weighted by Crippen LogP contribution is 2.17. The van der Waals surface area contributed by atoms with Crippen LogP contribution in [0.2, 0.25) is 0 Å². The van der Waals surface area contributed by atoms with E-state index >= 15 is 0 Å². The van der Waals surface area contributed by atoms with E-state index in [1.807, 2.05) is 6.08 Å². The fraction of sp³-hybridized carbons (Fsp3) is 0.778. The maximum Gasteiger partial charge on any atom is 0.0622 e. The zero-order chi connectivity index (χ0) is 8.27. The van der Waals surface area contributed by atoms with Crippen molar-refractivity contribution in [3.05, 3.63) is 12.7 Å². The normalized spacial score (nSPS) is 28.7. The minimum Gasteiger partial charge on any atom is -0.394 e. The third-order valence-electron chi connectivity index (χ3n) is 2.38. The smallest absolute Gasteiger partial charge is 0.0622 e. The summed E-state index contributed by atoms with van der Waals surface area (Å²) in [4.78, 5) is 2.29. The van der Waals surface area contributed by atoms with Crippen LogP contribution in [-0.2, 0) is 0 Å². The quantitative estimate of drug-likeness (QED) is 0.611. The molecule has 1 rings (SSSR count). The van der Waals surface area contributed by atoms with Crippen LogP contribution in [0.5, 0.6) is 0 Å². The molecule has 0 saturated carbocycles. The molecule has 0 radical (unpaired) electrons. The van der Waals surface area contributed by atoms with Gasteiger partial charge in [-0.3, -0.25) is 4.90 Å². The summed E-state index contributed by atoms with van der Waals surface area (Å²) in [7, 11) is 0. The van der Waals surface area contributed by atoms with Crippen LogP contribution < -0.4 is 0 Å². The van der Waals surface area contributed by atoms with Crippen LogP contribution in [0.3, 0.4) is 0 Å². The Bertz CT molecular complexity index is 136. The Balaban J connectivity index is 2.40. The van der Waals surface area contributed by atoms with E-state index in [0.29, 0.717) is 0 Å². The van der Waals surface area contributed by atoms with E-state index in [9.17, 15) is 0 Å². The number of rotatable bonds is 3. The van der Waals surface area contributed by atoms with E-state index in [1.165, 1.54) is 6.42 Å². The lowest BCUT2D eigenvalue weighted by Gasteiger charge is -2.22. The highest BCUT2D eigenvalue weighted by atomic mass is 16.3. The van der Waals surface area contributed by atoms with Crippen molar-refractivity contribution in [3.63, 3.8) is 0 Å². The molecule has 2 heteroatoms. The van der Waals surface area contributed by atoms with E-state index in [4.69, 9.17) is 5.11 Å². The lowest BCUT2D eigenvalue weighted by atomic mass is 10.2. The van der Waals surface area contributed by atoms with E-state index in [0.717, 1.165) is 19.0 Å². The molecule has 1 N–H and O–H groups in total. The largest absolute Gasteiger partial charge is 0.394 e. The number of aliphatic hydroxyl groups is 1. The Morgan fingerprint density at radius 3 is 2.91 bits per heavy atom. The topological polar surface area (TPSA) is 23.5 Å². The lowest BCUT2D eigenvalue weighted by molar-refractivity contribution is 0.173. The summed E-state index contributed by atoms with van der Waals surface area (Å²) in [5, 5.41) is 8.96. The SMILES string of the molecule is C=C[C@H](CO)N1CC[C@H](C)C1. The molecule has 1 saturated heterocycles. The van der Waals surface area contributed by atoms with Crippen molar-refractivity contribution < 1.29 is 5.11 Å². The third-order valence-corrected chi connectivity index (χ3v) is 2.38. The summed E-state index contributed by atoms with van der Waals surface area (Å²) >= 11 is 0. The van der Waals surface area contributed by atoms with Crippen molar-refractivity contribution in [2.75, 3.05) is 19.7 Å². The molecule has 2 nitrogen and oxygen atoms in total. The molecule has 0 unspecified atom stereocenters. The van der Waals surface area contributed by atoms with Crippen molar-refractivity contribution in [2.45, 2.75) is 19.4 Å². The molecule has 0 aromatic rings. The Kier molecular flexibility index (Phi) is 3.09. The second kappa shape index (κ2) is 3.88. The molecule has 1 fully saturated rings. The Morgan fingerprint density at radius 2 is 2.55 bits per heavy atom. The van der Waals surface area contributed by atoms with Crippen molar-refractivity contribution in [2.24, 2.45) is 5.92 Å². The van der Waals surface area contributed by atoms with Crippen molar-refractivity contribution in [1.29, 1.82) is 0 Å². The van der Waals surface area contributed by atoms with Gasteiger partial charge in [0.1, 0.15) is 0 Å². The summed E-state index contributed by atoms with van der Waals surface area (Å²) in [6.45, 7) is 8.37. The maximum atomic E-state index is 8.96. The van der Waals surface area contributed by atoms with Gasteiger partial charge in [0.2, 0.25) is 0 Å². The Morgan fingerprint density at radius 1 is 1.82 bits per heavy atom. The number of hydrogen-bond acceptors (Lipinski definition) is 2. The Labute approximate surface area is 68.5 Å². The first-order valence-electron chi connectivity index (χ1n) is 4.25. The standard InChI is InChI=1S/C9H17NO/c1-3-9(7-11)10-5-4-8(2)6-10/h3,8-9,11H,1,4-7H2,2H3/t8-,9+/m0/s1. The summed E-state index contributed by atoms with van der Waals surface area (Å²) in [6.07, 6.45) is 3.09. The fourth-order valence-electron chi connectivity index (χ4n) is 1.61. The number of likely N-dealkylation sites (tertiary alicyclic amines) is 1. The zero-order valence-corrected chi connectivity index (χ0v) is 7.16. The predicted molar refractivity (Wildman–Crippen MR) is 46.4 cm³/mol. The average molecular weight is 155 g/mol. The summed E-state index contributed by atoms with van der Waals surface area (Å²) in [6, 6.07) is 0.181. The van der Waals surface area contributed by atoms with Gasteiger partial charge in [0, 0.05) is 6.54 Å². The van der Waals surface area contributed by atoms with Gasteiger partial charge in [0.15, 0.2) is 0 Å². The minimum atomic E-state index is 0.181. The summed E-state index contributed by atoms with van der Waals surface area (Å²) < 4.78 is 0. The van der Waals surface area contributed by atoms with E-state index in [-0.39, 0.29) is 12.6 Å². The van der Waals surface area contributed by atoms with Crippen molar-refractivity contribution >= 4 is 0 Å². The number of nitrogens with zero attached hydrogens (tertiary/aromatic N) is 1. The highest BCUT2D eigenvalue weighted by Gasteiger charge is 2.22. The molecule has 1 aliphatic heterocycles. The van der Waals surface area contributed by atoms with Crippen LogP contribution in [0.15, 0.2) is 12.7 Å². The predicted octanol–water partition coefficient (Wildman–Crippen LogP) is 0.875. The Hall–Kier alpha value is -0.340. The van der Waals surface area contributed by atoms with Gasteiger partial charge in [-0.05, 0) is 18.9 Å². The van der Waals surface area contributed by atoms with Crippen molar-refractivity contribution in [3.8, 4) is 0 Å². The first-order chi connectivity index (χ1) is 5.27. The van der Waals surface area contributed by atoms with Crippen LogP contribution in [0.25, 0.3) is 0 Å². The van der Waals surface area contributed by atoms with Crippen LogP contribution in [0.4, 0.5) is 0 Å². The second-order valence-corrected chi connectivity index (χ2v) is 3.37. The number of aliphatic hydroxyl groups excluding tert-OH is 1. The van der Waals surface area contributed by atoms with E-state index in [2.05, 4.69) is 18.4 Å². The van der Waals surface area contributed by atoms with Gasteiger partial charge in [-0.25, -0.2) is 0 Å². The molecule has 0 spiro atoms. The number of hydrogen-bond donors (Lipinski definition) is 1. The average Bonchev–Trinajstić information content (AvgIpc) is 2.39. The second-order valence-electron chi connectivity index (χ2n) is 3.37.